The molecule has 5 aromatic rings. The molecule has 0 bridgehead atoms. The number of hydrogen-bond acceptors (Lipinski definition) is 9. The van der Waals surface area contributed by atoms with Gasteiger partial charge in [-0.2, -0.15) is 0 Å². The molecule has 0 saturated carbocycles. The molecule has 0 unspecified atom stereocenters. The Balaban J connectivity index is 0.000000181. The van der Waals surface area contributed by atoms with Crippen LogP contribution in [-0.2, 0) is 0 Å². The zero-order valence-corrected chi connectivity index (χ0v) is 25.5. The maximum atomic E-state index is 12.1. The van der Waals surface area contributed by atoms with Gasteiger partial charge in [-0.25, -0.2) is 9.97 Å². The molecule has 5 rings (SSSR count). The van der Waals surface area contributed by atoms with Gasteiger partial charge < -0.3 is 19.8 Å². The van der Waals surface area contributed by atoms with E-state index in [-0.39, 0.29) is 17.1 Å². The average molecular weight is 692 g/mol. The number of nitrogens with one attached hydrogen (secondary N) is 2. The van der Waals surface area contributed by atoms with Crippen molar-refractivity contribution in [3.63, 3.8) is 0 Å². The number of carbonyl (C=O) groups excluding carboxylic acids is 2. The lowest BCUT2D eigenvalue weighted by Crippen LogP contribution is -2.15. The number of thiazole rings is 2. The van der Waals surface area contributed by atoms with Crippen LogP contribution in [0.25, 0.3) is 21.6 Å². The monoisotopic (exact) mass is 690 g/mol. The number of halogens is 2. The molecule has 200 valence electrons. The van der Waals surface area contributed by atoms with E-state index in [2.05, 4.69) is 52.1 Å². The SMILES string of the molecule is COc1ccc(C(C)=O)c(NC(=O)c2nccs2)c1Br.COc1ccc2c(=O)cc(-c3nccs3)[nH]c2c1Br. The Kier molecular flexibility index (Phi) is 9.28. The van der Waals surface area contributed by atoms with Crippen molar-refractivity contribution < 1.29 is 19.1 Å². The molecule has 9 nitrogen and oxygen atoms in total. The van der Waals surface area contributed by atoms with Gasteiger partial charge in [-0.1, -0.05) is 0 Å². The topological polar surface area (TPSA) is 123 Å². The van der Waals surface area contributed by atoms with Crippen LogP contribution in [0.1, 0.15) is 27.1 Å². The molecule has 0 spiro atoms. The number of aromatic nitrogens is 3. The molecule has 3 heterocycles. The summed E-state index contributed by atoms with van der Waals surface area (Å²) < 4.78 is 11.7. The summed E-state index contributed by atoms with van der Waals surface area (Å²) in [6, 6.07) is 8.37. The smallest absolute Gasteiger partial charge is 0.284 e. The Morgan fingerprint density at radius 1 is 0.949 bits per heavy atom. The number of pyridine rings is 1. The number of carbonyl (C=O) groups is 2. The van der Waals surface area contributed by atoms with Gasteiger partial charge in [-0.15, -0.1) is 22.7 Å². The fraction of sp³-hybridized carbons (Fsp3) is 0.115. The van der Waals surface area contributed by atoms with Gasteiger partial charge in [0.05, 0.1) is 40.1 Å². The molecule has 2 aromatic carbocycles. The van der Waals surface area contributed by atoms with E-state index in [0.29, 0.717) is 43.3 Å². The number of ketones is 1. The molecular weight excluding hydrogens is 672 g/mol. The number of fused-ring (bicyclic) bond motifs is 1. The number of rotatable bonds is 6. The van der Waals surface area contributed by atoms with Gasteiger partial charge in [0, 0.05) is 40.2 Å². The Morgan fingerprint density at radius 2 is 1.62 bits per heavy atom. The minimum atomic E-state index is -0.364. The number of hydrogen-bond donors (Lipinski definition) is 2. The molecule has 1 amide bonds. The van der Waals surface area contributed by atoms with Crippen molar-refractivity contribution in [2.75, 3.05) is 19.5 Å². The summed E-state index contributed by atoms with van der Waals surface area (Å²) in [5.74, 6) is 0.697. The highest BCUT2D eigenvalue weighted by molar-refractivity contribution is 9.11. The quantitative estimate of drug-likeness (QED) is 0.188. The minimum Gasteiger partial charge on any atom is -0.495 e. The lowest BCUT2D eigenvalue weighted by molar-refractivity contribution is 0.101. The van der Waals surface area contributed by atoms with Crippen LogP contribution < -0.4 is 20.2 Å². The number of benzene rings is 2. The van der Waals surface area contributed by atoms with Crippen molar-refractivity contribution in [3.8, 4) is 22.2 Å². The van der Waals surface area contributed by atoms with Crippen LogP contribution in [0.4, 0.5) is 5.69 Å². The predicted molar refractivity (Wildman–Crippen MR) is 161 cm³/mol. The number of H-pyrrole nitrogens is 1. The molecule has 0 fully saturated rings. The largest absolute Gasteiger partial charge is 0.495 e. The summed E-state index contributed by atoms with van der Waals surface area (Å²) in [5, 5.41) is 8.01. The number of anilines is 1. The van der Waals surface area contributed by atoms with Crippen LogP contribution in [0, 0.1) is 0 Å². The Labute approximate surface area is 247 Å². The Bertz CT molecular complexity index is 1700. The first kappa shape index (κ1) is 28.6. The molecule has 0 aliphatic rings. The molecule has 0 aliphatic carbocycles. The average Bonchev–Trinajstić information content (AvgIpc) is 3.66. The first-order chi connectivity index (χ1) is 18.7. The van der Waals surface area contributed by atoms with Gasteiger partial charge >= 0.3 is 0 Å². The maximum absolute atomic E-state index is 12.1. The maximum Gasteiger partial charge on any atom is 0.284 e. The number of ether oxygens (including phenoxy) is 2. The van der Waals surface area contributed by atoms with Gasteiger partial charge in [-0.3, -0.25) is 14.4 Å². The number of aromatic amines is 1. The van der Waals surface area contributed by atoms with Crippen molar-refractivity contribution in [3.05, 3.63) is 83.2 Å². The highest BCUT2D eigenvalue weighted by atomic mass is 79.9. The second-order valence-electron chi connectivity index (χ2n) is 7.74. The van der Waals surface area contributed by atoms with Crippen molar-refractivity contribution >= 4 is 82.8 Å². The van der Waals surface area contributed by atoms with Crippen LogP contribution in [-0.4, -0.2) is 40.9 Å². The lowest BCUT2D eigenvalue weighted by Gasteiger charge is -2.13. The third kappa shape index (κ3) is 6.27. The third-order valence-corrected chi connectivity index (χ3v) is 8.51. The first-order valence-corrected chi connectivity index (χ1v) is 14.5. The molecule has 3 aromatic heterocycles. The van der Waals surface area contributed by atoms with E-state index in [1.54, 1.807) is 55.2 Å². The molecule has 0 saturated heterocycles. The summed E-state index contributed by atoms with van der Waals surface area (Å²) in [4.78, 5) is 47.2. The number of nitrogens with zero attached hydrogens (tertiary/aromatic N) is 2. The Hall–Kier alpha value is -3.39. The van der Waals surface area contributed by atoms with Gasteiger partial charge in [0.1, 0.15) is 16.5 Å². The number of methoxy groups -OCH3 is 2. The minimum absolute atomic E-state index is 0.0395. The second-order valence-corrected chi connectivity index (χ2v) is 11.1. The van der Waals surface area contributed by atoms with Crippen LogP contribution in [0.3, 0.4) is 0 Å². The first-order valence-electron chi connectivity index (χ1n) is 11.1. The predicted octanol–water partition coefficient (Wildman–Crippen LogP) is 6.79. The highest BCUT2D eigenvalue weighted by Crippen LogP contribution is 2.36. The van der Waals surface area contributed by atoms with E-state index in [1.165, 1.54) is 36.7 Å². The highest BCUT2D eigenvalue weighted by Gasteiger charge is 2.19. The zero-order chi connectivity index (χ0) is 28.1. The standard InChI is InChI=1S/C13H11BrN2O3S.C13H9BrN2O2S/c1-7(17)8-3-4-9(19-2)10(14)11(8)16-12(18)13-15-5-6-20-13;1-18-10-3-2-7-9(17)6-8(13-15-4-5-19-13)16-12(7)11(10)14/h3-6H,1-2H3,(H,16,18);2-6H,1H3,(H,16,17). The van der Waals surface area contributed by atoms with E-state index in [0.717, 1.165) is 15.0 Å². The van der Waals surface area contributed by atoms with Crippen LogP contribution in [0.5, 0.6) is 11.5 Å². The fourth-order valence-corrected chi connectivity index (χ4v) is 5.88. The summed E-state index contributed by atoms with van der Waals surface area (Å²) in [6.07, 6.45) is 3.26. The van der Waals surface area contributed by atoms with Crippen molar-refractivity contribution in [2.24, 2.45) is 0 Å². The van der Waals surface area contributed by atoms with E-state index < -0.39 is 0 Å². The van der Waals surface area contributed by atoms with Crippen molar-refractivity contribution in [2.45, 2.75) is 6.92 Å². The number of Topliss-reactive ketones (excluding diaryl/α,β-unsaturated/α-hetero) is 1. The van der Waals surface area contributed by atoms with E-state index in [9.17, 15) is 14.4 Å². The molecule has 13 heteroatoms. The lowest BCUT2D eigenvalue weighted by atomic mass is 10.1. The normalized spacial score (nSPS) is 10.5. The molecular formula is C26H20Br2N4O5S2. The van der Waals surface area contributed by atoms with Crippen molar-refractivity contribution in [1.29, 1.82) is 0 Å². The van der Waals surface area contributed by atoms with Gasteiger partial charge in [0.2, 0.25) is 0 Å². The Morgan fingerprint density at radius 3 is 2.23 bits per heavy atom. The summed E-state index contributed by atoms with van der Waals surface area (Å²) >= 11 is 9.51. The molecule has 39 heavy (non-hydrogen) atoms. The third-order valence-electron chi connectivity index (χ3n) is 5.36. The van der Waals surface area contributed by atoms with Crippen LogP contribution in [0.2, 0.25) is 0 Å². The molecule has 0 aliphatic heterocycles. The van der Waals surface area contributed by atoms with Gasteiger partial charge in [0.25, 0.3) is 5.91 Å². The summed E-state index contributed by atoms with van der Waals surface area (Å²) in [5.41, 5.74) is 2.18. The molecule has 0 radical (unpaired) electrons. The second kappa shape index (κ2) is 12.6. The van der Waals surface area contributed by atoms with Crippen LogP contribution in [0.15, 0.2) is 67.2 Å². The van der Waals surface area contributed by atoms with Crippen molar-refractivity contribution in [1.82, 2.24) is 15.0 Å². The van der Waals surface area contributed by atoms with Crippen LogP contribution >= 0.6 is 54.5 Å². The summed E-state index contributed by atoms with van der Waals surface area (Å²) in [7, 11) is 3.11. The molecule has 0 atom stereocenters. The number of amides is 1. The van der Waals surface area contributed by atoms with E-state index in [1.807, 2.05) is 5.38 Å². The fourth-order valence-electron chi connectivity index (χ4n) is 3.53. The van der Waals surface area contributed by atoms with Gasteiger partial charge in [-0.05, 0) is 63.0 Å². The zero-order valence-electron chi connectivity index (χ0n) is 20.7. The summed E-state index contributed by atoms with van der Waals surface area (Å²) in [6.45, 7) is 1.44. The van der Waals surface area contributed by atoms with E-state index >= 15 is 0 Å². The molecule has 2 N–H and O–H groups in total. The van der Waals surface area contributed by atoms with E-state index in [4.69, 9.17) is 9.47 Å². The van der Waals surface area contributed by atoms with Gasteiger partial charge in [0.15, 0.2) is 16.2 Å².